The van der Waals surface area contributed by atoms with Crippen LogP contribution in [0.4, 0.5) is 0 Å². The first-order valence-electron chi connectivity index (χ1n) is 5.47. The summed E-state index contributed by atoms with van der Waals surface area (Å²) in [7, 11) is 0. The molecule has 13 heavy (non-hydrogen) atoms. The summed E-state index contributed by atoms with van der Waals surface area (Å²) in [6.07, 6.45) is 3.79. The number of nitrogens with one attached hydrogen (secondary N) is 1. The molecule has 1 N–H and O–H groups in total. The van der Waals surface area contributed by atoms with Crippen LogP contribution in [0.5, 0.6) is 0 Å². The van der Waals surface area contributed by atoms with Crippen molar-refractivity contribution in [3.05, 3.63) is 12.2 Å². The standard InChI is InChI=1S/C12H25N/c1-6-11(5)8-12(7-2)13-9-10(3)4/h11-13H,3,6-9H2,1-2,4-5H3. The molecule has 0 aliphatic carbocycles. The summed E-state index contributed by atoms with van der Waals surface area (Å²) in [5, 5.41) is 3.53. The summed E-state index contributed by atoms with van der Waals surface area (Å²) in [6.45, 7) is 13.8. The zero-order valence-electron chi connectivity index (χ0n) is 9.69. The Morgan fingerprint density at radius 3 is 2.31 bits per heavy atom. The highest BCUT2D eigenvalue weighted by molar-refractivity contribution is 4.91. The van der Waals surface area contributed by atoms with Crippen LogP contribution in [-0.4, -0.2) is 12.6 Å². The van der Waals surface area contributed by atoms with Crippen LogP contribution < -0.4 is 5.32 Å². The van der Waals surface area contributed by atoms with E-state index in [-0.39, 0.29) is 0 Å². The van der Waals surface area contributed by atoms with Gasteiger partial charge in [0.2, 0.25) is 0 Å². The van der Waals surface area contributed by atoms with Gasteiger partial charge in [-0.3, -0.25) is 0 Å². The van der Waals surface area contributed by atoms with Crippen molar-refractivity contribution >= 4 is 0 Å². The minimum absolute atomic E-state index is 0.673. The monoisotopic (exact) mass is 183 g/mol. The molecule has 0 radical (unpaired) electrons. The molecule has 0 aliphatic heterocycles. The van der Waals surface area contributed by atoms with E-state index in [9.17, 15) is 0 Å². The first kappa shape index (κ1) is 12.7. The molecule has 0 aromatic carbocycles. The number of hydrogen-bond acceptors (Lipinski definition) is 1. The second-order valence-corrected chi connectivity index (χ2v) is 4.19. The van der Waals surface area contributed by atoms with Crippen molar-refractivity contribution in [3.63, 3.8) is 0 Å². The maximum Gasteiger partial charge on any atom is 0.0161 e. The van der Waals surface area contributed by atoms with Gasteiger partial charge in [0.25, 0.3) is 0 Å². The van der Waals surface area contributed by atoms with Crippen molar-refractivity contribution in [2.45, 2.75) is 53.0 Å². The molecular formula is C12H25N. The van der Waals surface area contributed by atoms with Gasteiger partial charge in [0.15, 0.2) is 0 Å². The lowest BCUT2D eigenvalue weighted by atomic mass is 9.98. The van der Waals surface area contributed by atoms with Crippen LogP contribution >= 0.6 is 0 Å². The Labute approximate surface area is 83.6 Å². The lowest BCUT2D eigenvalue weighted by Crippen LogP contribution is -2.31. The third-order valence-electron chi connectivity index (χ3n) is 2.57. The fraction of sp³-hybridized carbons (Fsp3) is 0.833. The highest BCUT2D eigenvalue weighted by atomic mass is 14.9. The second-order valence-electron chi connectivity index (χ2n) is 4.19. The molecule has 0 amide bonds. The highest BCUT2D eigenvalue weighted by Crippen LogP contribution is 2.11. The average molecular weight is 183 g/mol. The van der Waals surface area contributed by atoms with E-state index in [1.165, 1.54) is 24.8 Å². The first-order valence-corrected chi connectivity index (χ1v) is 5.47. The minimum Gasteiger partial charge on any atom is -0.310 e. The van der Waals surface area contributed by atoms with Gasteiger partial charge in [0.05, 0.1) is 0 Å². The molecule has 78 valence electrons. The summed E-state index contributed by atoms with van der Waals surface area (Å²) in [6, 6.07) is 0.673. The van der Waals surface area contributed by atoms with Gasteiger partial charge in [-0.1, -0.05) is 39.3 Å². The Bertz CT molecular complexity index is 140. The van der Waals surface area contributed by atoms with E-state index in [2.05, 4.69) is 39.6 Å². The van der Waals surface area contributed by atoms with E-state index in [1.807, 2.05) is 0 Å². The summed E-state index contributed by atoms with van der Waals surface area (Å²) in [4.78, 5) is 0. The Morgan fingerprint density at radius 1 is 1.31 bits per heavy atom. The predicted molar refractivity (Wildman–Crippen MR) is 61.0 cm³/mol. The maximum absolute atomic E-state index is 3.90. The Kier molecular flexibility index (Phi) is 6.97. The third-order valence-corrected chi connectivity index (χ3v) is 2.57. The van der Waals surface area contributed by atoms with Crippen LogP contribution in [0, 0.1) is 5.92 Å². The highest BCUT2D eigenvalue weighted by Gasteiger charge is 2.08. The Balaban J connectivity index is 3.68. The Morgan fingerprint density at radius 2 is 1.92 bits per heavy atom. The molecule has 0 aromatic rings. The molecular weight excluding hydrogens is 158 g/mol. The predicted octanol–water partition coefficient (Wildman–Crippen LogP) is 3.37. The molecule has 0 aliphatic rings. The summed E-state index contributed by atoms with van der Waals surface area (Å²) in [5.41, 5.74) is 1.22. The molecule has 0 rings (SSSR count). The molecule has 0 aromatic heterocycles. The number of hydrogen-bond donors (Lipinski definition) is 1. The van der Waals surface area contributed by atoms with Crippen molar-refractivity contribution in [1.29, 1.82) is 0 Å². The molecule has 2 unspecified atom stereocenters. The molecule has 1 nitrogen and oxygen atoms in total. The minimum atomic E-state index is 0.673. The van der Waals surface area contributed by atoms with Crippen LogP contribution in [0.3, 0.4) is 0 Å². The summed E-state index contributed by atoms with van der Waals surface area (Å²) in [5.74, 6) is 0.836. The van der Waals surface area contributed by atoms with Gasteiger partial charge < -0.3 is 5.32 Å². The van der Waals surface area contributed by atoms with E-state index in [0.29, 0.717) is 6.04 Å². The van der Waals surface area contributed by atoms with Gasteiger partial charge in [-0.15, -0.1) is 0 Å². The summed E-state index contributed by atoms with van der Waals surface area (Å²) < 4.78 is 0. The smallest absolute Gasteiger partial charge is 0.0161 e. The van der Waals surface area contributed by atoms with Gasteiger partial charge in [0.1, 0.15) is 0 Å². The van der Waals surface area contributed by atoms with Crippen LogP contribution in [0.2, 0.25) is 0 Å². The maximum atomic E-state index is 3.90. The van der Waals surface area contributed by atoms with Crippen molar-refractivity contribution in [1.82, 2.24) is 5.32 Å². The van der Waals surface area contributed by atoms with Gasteiger partial charge in [-0.2, -0.15) is 0 Å². The van der Waals surface area contributed by atoms with Gasteiger partial charge >= 0.3 is 0 Å². The normalized spacial score (nSPS) is 15.4. The molecule has 0 saturated carbocycles. The first-order chi connectivity index (χ1) is 6.10. The molecule has 0 spiro atoms. The lowest BCUT2D eigenvalue weighted by molar-refractivity contribution is 0.394. The van der Waals surface area contributed by atoms with E-state index >= 15 is 0 Å². The summed E-state index contributed by atoms with van der Waals surface area (Å²) >= 11 is 0. The molecule has 0 saturated heterocycles. The zero-order chi connectivity index (χ0) is 10.3. The van der Waals surface area contributed by atoms with E-state index < -0.39 is 0 Å². The molecule has 0 heterocycles. The van der Waals surface area contributed by atoms with Gasteiger partial charge in [-0.25, -0.2) is 0 Å². The van der Waals surface area contributed by atoms with Crippen LogP contribution in [-0.2, 0) is 0 Å². The van der Waals surface area contributed by atoms with Crippen molar-refractivity contribution in [3.8, 4) is 0 Å². The van der Waals surface area contributed by atoms with E-state index in [4.69, 9.17) is 0 Å². The zero-order valence-corrected chi connectivity index (χ0v) is 9.69. The quantitative estimate of drug-likeness (QED) is 0.597. The second kappa shape index (κ2) is 7.14. The molecule has 2 atom stereocenters. The molecule has 0 bridgehead atoms. The molecule has 0 fully saturated rings. The van der Waals surface area contributed by atoms with E-state index in [0.717, 1.165) is 12.5 Å². The van der Waals surface area contributed by atoms with Gasteiger partial charge in [-0.05, 0) is 25.7 Å². The fourth-order valence-electron chi connectivity index (χ4n) is 1.37. The topological polar surface area (TPSA) is 12.0 Å². The SMILES string of the molecule is C=C(C)CNC(CC)CC(C)CC. The van der Waals surface area contributed by atoms with Gasteiger partial charge in [0, 0.05) is 12.6 Å². The molecule has 1 heteroatoms. The van der Waals surface area contributed by atoms with E-state index in [1.54, 1.807) is 0 Å². The van der Waals surface area contributed by atoms with Crippen molar-refractivity contribution in [2.24, 2.45) is 5.92 Å². The van der Waals surface area contributed by atoms with Crippen LogP contribution in [0.25, 0.3) is 0 Å². The largest absolute Gasteiger partial charge is 0.310 e. The van der Waals surface area contributed by atoms with Crippen LogP contribution in [0.1, 0.15) is 47.0 Å². The fourth-order valence-corrected chi connectivity index (χ4v) is 1.37. The number of rotatable bonds is 7. The Hall–Kier alpha value is -0.300. The van der Waals surface area contributed by atoms with Crippen molar-refractivity contribution in [2.75, 3.05) is 6.54 Å². The average Bonchev–Trinajstić information content (AvgIpc) is 2.11. The lowest BCUT2D eigenvalue weighted by Gasteiger charge is -2.20. The van der Waals surface area contributed by atoms with Crippen LogP contribution in [0.15, 0.2) is 12.2 Å². The van der Waals surface area contributed by atoms with Crippen molar-refractivity contribution < 1.29 is 0 Å². The third kappa shape index (κ3) is 6.83.